The summed E-state index contributed by atoms with van der Waals surface area (Å²) in [6.07, 6.45) is -0.684. The van der Waals surface area contributed by atoms with Crippen LogP contribution in [0.15, 0.2) is 54.6 Å². The molecule has 2 aromatic carbocycles. The molecular weight excluding hydrogens is 523 g/mol. The maximum Gasteiger partial charge on any atom is 0.416 e. The first kappa shape index (κ1) is 27.9. The van der Waals surface area contributed by atoms with Gasteiger partial charge in [-0.15, -0.1) is 0 Å². The summed E-state index contributed by atoms with van der Waals surface area (Å²) in [6, 6.07) is 12.3. The molecule has 212 valence electrons. The van der Waals surface area contributed by atoms with Gasteiger partial charge in [-0.3, -0.25) is 19.8 Å². The number of hydrogen-bond acceptors (Lipinski definition) is 5. The number of amides is 1. The van der Waals surface area contributed by atoms with Crippen LogP contribution in [-0.4, -0.2) is 82.9 Å². The minimum absolute atomic E-state index is 0.167. The van der Waals surface area contributed by atoms with Crippen LogP contribution in [0.2, 0.25) is 0 Å². The van der Waals surface area contributed by atoms with E-state index in [1.165, 1.54) is 37.5 Å². The number of carbonyl (C=O) groups is 1. The maximum atomic E-state index is 13.8. The number of H-pyrrole nitrogens is 1. The summed E-state index contributed by atoms with van der Waals surface area (Å²) < 4.78 is 39.3. The smallest absolute Gasteiger partial charge is 0.354 e. The molecule has 2 aliphatic heterocycles. The zero-order valence-corrected chi connectivity index (χ0v) is 22.1. The highest BCUT2D eigenvalue weighted by molar-refractivity contribution is 6.02. The number of nitro groups is 1. The highest BCUT2D eigenvalue weighted by Crippen LogP contribution is 2.36. The number of benzene rings is 2. The molecule has 2 aliphatic rings. The predicted molar refractivity (Wildman–Crippen MR) is 146 cm³/mol. The van der Waals surface area contributed by atoms with E-state index < -0.39 is 16.7 Å². The van der Waals surface area contributed by atoms with Crippen LogP contribution in [0.4, 0.5) is 18.9 Å². The number of rotatable bonds is 7. The fourth-order valence-electron chi connectivity index (χ4n) is 5.48. The molecule has 1 amide bonds. The lowest BCUT2D eigenvalue weighted by Gasteiger charge is -2.36. The molecule has 0 saturated carbocycles. The lowest BCUT2D eigenvalue weighted by molar-refractivity contribution is -0.384. The van der Waals surface area contributed by atoms with Crippen molar-refractivity contribution in [3.05, 3.63) is 75.8 Å². The second-order valence-electron chi connectivity index (χ2n) is 10.4. The monoisotopic (exact) mass is 555 g/mol. The van der Waals surface area contributed by atoms with Gasteiger partial charge in [0.1, 0.15) is 0 Å². The number of nitrogens with one attached hydrogen (secondary N) is 1. The molecule has 3 heterocycles. The quantitative estimate of drug-likeness (QED) is 0.307. The van der Waals surface area contributed by atoms with Gasteiger partial charge < -0.3 is 14.8 Å². The van der Waals surface area contributed by atoms with Crippen LogP contribution < -0.4 is 0 Å². The molecule has 5 rings (SSSR count). The van der Waals surface area contributed by atoms with Gasteiger partial charge in [-0.2, -0.15) is 13.2 Å². The number of hydrogen-bond donors (Lipinski definition) is 1. The highest BCUT2D eigenvalue weighted by atomic mass is 19.4. The summed E-state index contributed by atoms with van der Waals surface area (Å²) in [5, 5.41) is 11.8. The van der Waals surface area contributed by atoms with E-state index in [0.29, 0.717) is 24.3 Å². The molecule has 0 radical (unpaired) electrons. The fourth-order valence-corrected chi connectivity index (χ4v) is 5.48. The van der Waals surface area contributed by atoms with Crippen molar-refractivity contribution in [1.29, 1.82) is 0 Å². The molecule has 8 nitrogen and oxygen atoms in total. The van der Waals surface area contributed by atoms with Gasteiger partial charge in [0.2, 0.25) is 0 Å². The zero-order valence-electron chi connectivity index (χ0n) is 22.1. The first-order valence-corrected chi connectivity index (χ1v) is 13.6. The van der Waals surface area contributed by atoms with Crippen LogP contribution in [0.3, 0.4) is 0 Å². The Bertz CT molecular complexity index is 1340. The number of aromatic nitrogens is 1. The number of likely N-dealkylation sites (tertiary alicyclic amines) is 1. The zero-order chi connectivity index (χ0) is 28.3. The third kappa shape index (κ3) is 6.20. The summed E-state index contributed by atoms with van der Waals surface area (Å²) in [5.74, 6) is -0.266. The Morgan fingerprint density at radius 2 is 1.50 bits per heavy atom. The molecule has 11 heteroatoms. The first-order chi connectivity index (χ1) is 19.2. The Morgan fingerprint density at radius 3 is 2.12 bits per heavy atom. The number of para-hydroxylation sites is 1. The van der Waals surface area contributed by atoms with Crippen molar-refractivity contribution in [3.63, 3.8) is 0 Å². The number of nitrogens with zero attached hydrogens (tertiary/aromatic N) is 4. The van der Waals surface area contributed by atoms with E-state index >= 15 is 0 Å². The topological polar surface area (TPSA) is 85.7 Å². The molecule has 0 unspecified atom stereocenters. The average molecular weight is 556 g/mol. The maximum absolute atomic E-state index is 13.8. The molecule has 1 N–H and O–H groups in total. The van der Waals surface area contributed by atoms with Crippen molar-refractivity contribution in [2.24, 2.45) is 0 Å². The normalized spacial score (nSPS) is 17.2. The van der Waals surface area contributed by atoms with E-state index in [2.05, 4.69) is 14.8 Å². The third-order valence-electron chi connectivity index (χ3n) is 7.78. The van der Waals surface area contributed by atoms with Crippen LogP contribution in [0.1, 0.15) is 35.2 Å². The number of piperazine rings is 1. The van der Waals surface area contributed by atoms with E-state index in [1.54, 1.807) is 29.2 Å². The van der Waals surface area contributed by atoms with Crippen molar-refractivity contribution in [3.8, 4) is 22.5 Å². The van der Waals surface area contributed by atoms with Crippen LogP contribution in [0.25, 0.3) is 22.5 Å². The summed E-state index contributed by atoms with van der Waals surface area (Å²) in [4.78, 5) is 34.7. The summed E-state index contributed by atoms with van der Waals surface area (Å²) in [5.41, 5.74) is 0.677. The Balaban J connectivity index is 1.38. The second-order valence-corrected chi connectivity index (χ2v) is 10.4. The first-order valence-electron chi connectivity index (χ1n) is 13.6. The minimum atomic E-state index is -4.47. The molecule has 2 saturated heterocycles. The summed E-state index contributed by atoms with van der Waals surface area (Å²) in [7, 11) is 0. The molecule has 1 aromatic heterocycles. The van der Waals surface area contributed by atoms with Crippen molar-refractivity contribution in [1.82, 2.24) is 19.7 Å². The molecule has 0 bridgehead atoms. The minimum Gasteiger partial charge on any atom is -0.354 e. The third-order valence-corrected chi connectivity index (χ3v) is 7.78. The number of halogens is 3. The van der Waals surface area contributed by atoms with E-state index in [0.717, 1.165) is 51.4 Å². The lowest BCUT2D eigenvalue weighted by atomic mass is 10.0. The molecule has 2 fully saturated rings. The summed E-state index contributed by atoms with van der Waals surface area (Å²) in [6.45, 7) is 6.76. The molecular formula is C29H32F3N5O3. The number of carbonyl (C=O) groups excluding carboxylic acids is 1. The number of nitro benzene ring substituents is 1. The standard InChI is InChI=1S/C29H32F3N5O3/c30-29(31,32)22-10-8-21(9-11-22)25-20-24(27(33-25)23-6-2-3-7-26(23)37(39)40)28(38)36-18-16-35(17-19-36)15-14-34-12-4-1-5-13-34/h2-3,6-11,20,33H,1,4-5,12-19H2. The van der Waals surface area contributed by atoms with Crippen LogP contribution in [0, 0.1) is 10.1 Å². The van der Waals surface area contributed by atoms with Crippen molar-refractivity contribution in [2.75, 3.05) is 52.4 Å². The van der Waals surface area contributed by atoms with Gasteiger partial charge in [0, 0.05) is 51.0 Å². The number of aromatic amines is 1. The van der Waals surface area contributed by atoms with Gasteiger partial charge in [0.15, 0.2) is 0 Å². The molecule has 3 aromatic rings. The number of alkyl halides is 3. The second kappa shape index (κ2) is 11.8. The summed E-state index contributed by atoms with van der Waals surface area (Å²) >= 11 is 0. The Morgan fingerprint density at radius 1 is 0.875 bits per heavy atom. The van der Waals surface area contributed by atoms with Gasteiger partial charge in [0.25, 0.3) is 11.6 Å². The fraction of sp³-hybridized carbons (Fsp3) is 0.414. The van der Waals surface area contributed by atoms with E-state index in [4.69, 9.17) is 0 Å². The molecule has 0 aliphatic carbocycles. The Hall–Kier alpha value is -3.70. The SMILES string of the molecule is O=C(c1cc(-c2ccc(C(F)(F)F)cc2)[nH]c1-c1ccccc1[N+](=O)[O-])N1CCN(CCN2CCCCC2)CC1. The Kier molecular flexibility index (Phi) is 8.22. The number of piperidine rings is 1. The molecule has 40 heavy (non-hydrogen) atoms. The van der Waals surface area contributed by atoms with Crippen molar-refractivity contribution in [2.45, 2.75) is 25.4 Å². The van der Waals surface area contributed by atoms with E-state index in [9.17, 15) is 28.1 Å². The molecule has 0 atom stereocenters. The van der Waals surface area contributed by atoms with Crippen LogP contribution >= 0.6 is 0 Å². The van der Waals surface area contributed by atoms with Gasteiger partial charge in [-0.1, -0.05) is 30.7 Å². The predicted octanol–water partition coefficient (Wildman–Crippen LogP) is 5.52. The van der Waals surface area contributed by atoms with Crippen LogP contribution in [-0.2, 0) is 6.18 Å². The highest BCUT2D eigenvalue weighted by Gasteiger charge is 2.31. The van der Waals surface area contributed by atoms with Gasteiger partial charge >= 0.3 is 6.18 Å². The van der Waals surface area contributed by atoms with Crippen molar-refractivity contribution < 1.29 is 22.9 Å². The van der Waals surface area contributed by atoms with Gasteiger partial charge in [-0.05, 0) is 55.8 Å². The largest absolute Gasteiger partial charge is 0.416 e. The van der Waals surface area contributed by atoms with E-state index in [-0.39, 0.29) is 28.4 Å². The van der Waals surface area contributed by atoms with E-state index in [1.807, 2.05) is 0 Å². The lowest BCUT2D eigenvalue weighted by Crippen LogP contribution is -2.50. The average Bonchev–Trinajstić information content (AvgIpc) is 3.41. The Labute approximate surface area is 230 Å². The van der Waals surface area contributed by atoms with Gasteiger partial charge in [-0.25, -0.2) is 0 Å². The molecule has 0 spiro atoms. The van der Waals surface area contributed by atoms with Crippen LogP contribution in [0.5, 0.6) is 0 Å². The van der Waals surface area contributed by atoms with Gasteiger partial charge in [0.05, 0.1) is 27.3 Å². The van der Waals surface area contributed by atoms with Crippen molar-refractivity contribution >= 4 is 11.6 Å².